The van der Waals surface area contributed by atoms with E-state index in [2.05, 4.69) is 10.3 Å². The van der Waals surface area contributed by atoms with Crippen molar-refractivity contribution >= 4 is 23.3 Å². The van der Waals surface area contributed by atoms with E-state index in [9.17, 15) is 39.6 Å². The molecule has 40 heavy (non-hydrogen) atoms. The van der Waals surface area contributed by atoms with Crippen molar-refractivity contribution in [2.75, 3.05) is 21.1 Å². The van der Waals surface area contributed by atoms with Crippen LogP contribution in [0.3, 0.4) is 0 Å². The van der Waals surface area contributed by atoms with Crippen molar-refractivity contribution in [3.8, 4) is 5.75 Å². The summed E-state index contributed by atoms with van der Waals surface area (Å²) < 4.78 is 1.70. The van der Waals surface area contributed by atoms with Gasteiger partial charge in [-0.15, -0.1) is 0 Å². The summed E-state index contributed by atoms with van der Waals surface area (Å²) in [5.74, 6) is -7.04. The minimum absolute atomic E-state index is 0.00103. The SMILES string of the molecule is CNC(=O)C1=C(O)[C@@H](N(C)C)[C@@H]2C[C@@H]3Cc4c(C(=O)Cc5cncn5C)ccc(O)c4C(=O)C3=C(O)[C@]2(O)C1=O. The number of amides is 1. The highest BCUT2D eigenvalue weighted by atomic mass is 16.3. The summed E-state index contributed by atoms with van der Waals surface area (Å²) in [5.41, 5.74) is -2.65. The number of aromatic hydroxyl groups is 1. The Kier molecular flexibility index (Phi) is 6.42. The number of fused-ring (bicyclic) bond motifs is 3. The number of rotatable bonds is 5. The molecule has 210 valence electrons. The summed E-state index contributed by atoms with van der Waals surface area (Å²) >= 11 is 0. The van der Waals surface area contributed by atoms with Gasteiger partial charge in [-0.1, -0.05) is 0 Å². The van der Waals surface area contributed by atoms with E-state index in [-0.39, 0.29) is 41.7 Å². The Hall–Kier alpha value is -4.29. The Balaban J connectivity index is 1.65. The Bertz CT molecular complexity index is 1550. The first-order valence-corrected chi connectivity index (χ1v) is 12.7. The van der Waals surface area contributed by atoms with Crippen LogP contribution in [0.5, 0.6) is 5.75 Å². The van der Waals surface area contributed by atoms with Crippen LogP contribution in [0, 0.1) is 11.8 Å². The normalized spacial score (nSPS) is 26.0. The number of aromatic nitrogens is 2. The lowest BCUT2D eigenvalue weighted by Gasteiger charge is -2.50. The highest BCUT2D eigenvalue weighted by molar-refractivity contribution is 6.25. The van der Waals surface area contributed by atoms with Crippen LogP contribution in [0.15, 0.2) is 47.3 Å². The van der Waals surface area contributed by atoms with Crippen LogP contribution in [-0.2, 0) is 29.5 Å². The van der Waals surface area contributed by atoms with Gasteiger partial charge in [-0.2, -0.15) is 0 Å². The molecule has 1 heterocycles. The number of imidazole rings is 1. The molecule has 5 N–H and O–H groups in total. The zero-order chi connectivity index (χ0) is 29.3. The van der Waals surface area contributed by atoms with Gasteiger partial charge in [0, 0.05) is 43.0 Å². The van der Waals surface area contributed by atoms with E-state index in [0.717, 1.165) is 0 Å². The molecule has 1 aromatic carbocycles. The summed E-state index contributed by atoms with van der Waals surface area (Å²) in [5, 5.41) is 47.2. The summed E-state index contributed by atoms with van der Waals surface area (Å²) in [6, 6.07) is 1.62. The standard InChI is InChI=1S/C28H30N4O8/c1-29-27(39)21-24(36)22(31(2)3)16-8-12-7-15-14(18(34)9-13-10-30-11-32(13)4)5-6-17(33)20(15)23(35)19(12)25(37)28(16,40)26(21)38/h5-6,10-12,16,22,33,36-37,40H,7-9H2,1-4H3,(H,29,39)/t12-,16-,22-,28-/m0/s1. The Morgan fingerprint density at radius 1 is 1.20 bits per heavy atom. The van der Waals surface area contributed by atoms with Gasteiger partial charge in [0.2, 0.25) is 5.78 Å². The van der Waals surface area contributed by atoms with E-state index in [1.165, 1.54) is 24.1 Å². The van der Waals surface area contributed by atoms with E-state index in [4.69, 9.17) is 0 Å². The first-order chi connectivity index (χ1) is 18.8. The van der Waals surface area contributed by atoms with Gasteiger partial charge in [0.05, 0.1) is 24.4 Å². The molecule has 5 rings (SSSR count). The molecule has 0 spiro atoms. The number of aliphatic hydroxyl groups is 3. The molecule has 12 nitrogen and oxygen atoms in total. The number of allylic oxidation sites excluding steroid dienone is 1. The quantitative estimate of drug-likeness (QED) is 0.260. The van der Waals surface area contributed by atoms with Crippen molar-refractivity contribution in [3.63, 3.8) is 0 Å². The first-order valence-electron chi connectivity index (χ1n) is 12.7. The van der Waals surface area contributed by atoms with Crippen molar-refractivity contribution in [2.45, 2.75) is 30.9 Å². The summed E-state index contributed by atoms with van der Waals surface area (Å²) in [4.78, 5) is 58.8. The molecule has 3 aliphatic rings. The number of phenolic OH excluding ortho intramolecular Hbond substituents is 1. The Morgan fingerprint density at radius 2 is 1.90 bits per heavy atom. The van der Waals surface area contributed by atoms with E-state index < -0.39 is 63.8 Å². The minimum atomic E-state index is -2.68. The fourth-order valence-corrected chi connectivity index (χ4v) is 6.43. The molecular formula is C28H30N4O8. The number of phenols is 1. The van der Waals surface area contributed by atoms with E-state index >= 15 is 0 Å². The third-order valence-electron chi connectivity index (χ3n) is 8.37. The summed E-state index contributed by atoms with van der Waals surface area (Å²) in [6.07, 6.45) is 3.14. The number of hydrogen-bond donors (Lipinski definition) is 5. The molecule has 0 fully saturated rings. The predicted octanol–water partition coefficient (Wildman–Crippen LogP) is 0.540. The fraction of sp³-hybridized carbons (Fsp3) is 0.393. The highest BCUT2D eigenvalue weighted by Gasteiger charge is 2.63. The van der Waals surface area contributed by atoms with E-state index in [1.54, 1.807) is 38.2 Å². The maximum atomic E-state index is 13.8. The second-order valence-electron chi connectivity index (χ2n) is 10.8. The number of benzene rings is 1. The van der Waals surface area contributed by atoms with E-state index in [1.807, 2.05) is 0 Å². The number of nitrogens with one attached hydrogen (secondary N) is 1. The van der Waals surface area contributed by atoms with Crippen molar-refractivity contribution in [1.29, 1.82) is 0 Å². The van der Waals surface area contributed by atoms with Crippen LogP contribution in [-0.4, -0.2) is 90.9 Å². The predicted molar refractivity (Wildman–Crippen MR) is 140 cm³/mol. The molecule has 0 unspecified atom stereocenters. The summed E-state index contributed by atoms with van der Waals surface area (Å²) in [6.45, 7) is 0. The number of aryl methyl sites for hydroxylation is 1. The molecule has 0 bridgehead atoms. The lowest BCUT2D eigenvalue weighted by Crippen LogP contribution is -2.64. The number of carbonyl (C=O) groups excluding carboxylic acids is 4. The largest absolute Gasteiger partial charge is 0.510 e. The fourth-order valence-electron chi connectivity index (χ4n) is 6.43. The molecule has 0 saturated carbocycles. The first kappa shape index (κ1) is 27.3. The van der Waals surface area contributed by atoms with Gasteiger partial charge in [-0.3, -0.25) is 24.1 Å². The molecule has 1 amide bonds. The van der Waals surface area contributed by atoms with Crippen LogP contribution in [0.25, 0.3) is 0 Å². The van der Waals surface area contributed by atoms with Crippen LogP contribution in [0.4, 0.5) is 0 Å². The van der Waals surface area contributed by atoms with Crippen LogP contribution < -0.4 is 5.32 Å². The van der Waals surface area contributed by atoms with Crippen molar-refractivity contribution in [1.82, 2.24) is 19.8 Å². The third-order valence-corrected chi connectivity index (χ3v) is 8.37. The minimum Gasteiger partial charge on any atom is -0.510 e. The molecule has 0 radical (unpaired) electrons. The maximum absolute atomic E-state index is 13.8. The lowest BCUT2D eigenvalue weighted by molar-refractivity contribution is -0.148. The number of ketones is 3. The molecule has 0 aliphatic heterocycles. The molecule has 1 aromatic heterocycles. The van der Waals surface area contributed by atoms with Gasteiger partial charge in [0.1, 0.15) is 22.8 Å². The Labute approximate surface area is 229 Å². The summed E-state index contributed by atoms with van der Waals surface area (Å²) in [7, 11) is 6.18. The smallest absolute Gasteiger partial charge is 0.258 e. The molecule has 3 aliphatic carbocycles. The van der Waals surface area contributed by atoms with Crippen molar-refractivity contribution in [2.24, 2.45) is 18.9 Å². The van der Waals surface area contributed by atoms with Gasteiger partial charge < -0.3 is 30.3 Å². The van der Waals surface area contributed by atoms with E-state index in [0.29, 0.717) is 11.3 Å². The van der Waals surface area contributed by atoms with Gasteiger partial charge >= 0.3 is 0 Å². The van der Waals surface area contributed by atoms with Crippen molar-refractivity contribution < 1.29 is 39.6 Å². The average Bonchev–Trinajstić information content (AvgIpc) is 3.29. The number of aliphatic hydroxyl groups excluding tert-OH is 2. The molecular weight excluding hydrogens is 520 g/mol. The van der Waals surface area contributed by atoms with Crippen LogP contribution >= 0.6 is 0 Å². The number of carbonyl (C=O) groups is 4. The molecule has 2 aromatic rings. The third kappa shape index (κ3) is 3.70. The molecule has 12 heteroatoms. The number of likely N-dealkylation sites (N-methyl/N-ethyl adjacent to an activating group) is 2. The average molecular weight is 551 g/mol. The monoisotopic (exact) mass is 550 g/mol. The zero-order valence-electron chi connectivity index (χ0n) is 22.4. The topological polar surface area (TPSA) is 182 Å². The van der Waals surface area contributed by atoms with Gasteiger partial charge in [-0.25, -0.2) is 4.98 Å². The van der Waals surface area contributed by atoms with Gasteiger partial charge in [0.15, 0.2) is 17.2 Å². The highest BCUT2D eigenvalue weighted by Crippen LogP contribution is 2.52. The second kappa shape index (κ2) is 9.42. The van der Waals surface area contributed by atoms with Gasteiger partial charge in [0.25, 0.3) is 5.91 Å². The number of hydrogen-bond acceptors (Lipinski definition) is 10. The number of Topliss-reactive ketones (excluding diaryl/α,β-unsaturated/α-hetero) is 3. The molecule has 4 atom stereocenters. The van der Waals surface area contributed by atoms with Crippen molar-refractivity contribution in [3.05, 3.63) is 69.7 Å². The van der Waals surface area contributed by atoms with Gasteiger partial charge in [-0.05, 0) is 50.6 Å². The van der Waals surface area contributed by atoms with Crippen LogP contribution in [0.2, 0.25) is 0 Å². The lowest BCUT2D eigenvalue weighted by atomic mass is 9.58. The molecule has 0 saturated heterocycles. The number of nitrogens with zero attached hydrogens (tertiary/aromatic N) is 3. The van der Waals surface area contributed by atoms with Crippen LogP contribution in [0.1, 0.15) is 38.4 Å². The second-order valence-corrected chi connectivity index (χ2v) is 10.8. The Morgan fingerprint density at radius 3 is 2.50 bits per heavy atom. The maximum Gasteiger partial charge on any atom is 0.258 e. The zero-order valence-corrected chi connectivity index (χ0v) is 22.4.